The van der Waals surface area contributed by atoms with Crippen LogP contribution < -0.4 is 5.43 Å². The van der Waals surface area contributed by atoms with Crippen molar-refractivity contribution in [3.05, 3.63) is 0 Å². The van der Waals surface area contributed by atoms with Gasteiger partial charge in [0.05, 0.1) is 0 Å². The van der Waals surface area contributed by atoms with E-state index >= 15 is 0 Å². The van der Waals surface area contributed by atoms with Crippen LogP contribution in [0.4, 0.5) is 0 Å². The summed E-state index contributed by atoms with van der Waals surface area (Å²) in [5, 5.41) is 4.19. The number of nitrogens with zero attached hydrogens (tertiary/aromatic N) is 1. The van der Waals surface area contributed by atoms with Gasteiger partial charge in [-0.1, -0.05) is 39.0 Å². The summed E-state index contributed by atoms with van der Waals surface area (Å²) >= 11 is 0. The number of carbonyl (C=O) groups excluding carboxylic acids is 1. The van der Waals surface area contributed by atoms with Gasteiger partial charge in [0.1, 0.15) is 0 Å². The van der Waals surface area contributed by atoms with E-state index < -0.39 is 0 Å². The molecule has 0 saturated heterocycles. The van der Waals surface area contributed by atoms with Crippen LogP contribution in [-0.4, -0.2) is 11.6 Å². The number of rotatable bonds is 6. The number of hydrogen-bond acceptors (Lipinski definition) is 2. The van der Waals surface area contributed by atoms with E-state index in [0.29, 0.717) is 0 Å². The van der Waals surface area contributed by atoms with Crippen LogP contribution in [0, 0.1) is 5.92 Å². The molecule has 0 aromatic heterocycles. The molecule has 0 aliphatic heterocycles. The summed E-state index contributed by atoms with van der Waals surface area (Å²) in [5.74, 6) is 0.329. The summed E-state index contributed by atoms with van der Waals surface area (Å²) in [6, 6.07) is 0. The monoisotopic (exact) mass is 238 g/mol. The molecule has 3 heteroatoms. The van der Waals surface area contributed by atoms with E-state index in [0.717, 1.165) is 25.0 Å². The molecule has 0 heterocycles. The highest BCUT2D eigenvalue weighted by Gasteiger charge is 2.20. The first-order valence-corrected chi connectivity index (χ1v) is 7.07. The summed E-state index contributed by atoms with van der Waals surface area (Å²) in [7, 11) is 0. The van der Waals surface area contributed by atoms with Gasteiger partial charge in [0.15, 0.2) is 0 Å². The molecule has 0 atom stereocenters. The average Bonchev–Trinajstić information content (AvgIpc) is 2.37. The van der Waals surface area contributed by atoms with E-state index in [1.165, 1.54) is 38.5 Å². The molecule has 1 saturated carbocycles. The van der Waals surface area contributed by atoms with Gasteiger partial charge in [-0.3, -0.25) is 4.79 Å². The molecule has 0 radical (unpaired) electrons. The van der Waals surface area contributed by atoms with E-state index in [2.05, 4.69) is 17.5 Å². The Morgan fingerprint density at radius 2 is 1.94 bits per heavy atom. The summed E-state index contributed by atoms with van der Waals surface area (Å²) < 4.78 is 0. The molecule has 0 spiro atoms. The smallest absolute Gasteiger partial charge is 0.243 e. The van der Waals surface area contributed by atoms with Crippen molar-refractivity contribution in [3.8, 4) is 0 Å². The first kappa shape index (κ1) is 14.2. The van der Waals surface area contributed by atoms with Gasteiger partial charge >= 0.3 is 0 Å². The van der Waals surface area contributed by atoms with Crippen LogP contribution in [0.15, 0.2) is 5.10 Å². The Kier molecular flexibility index (Phi) is 6.90. The lowest BCUT2D eigenvalue weighted by Gasteiger charge is -2.19. The first-order valence-electron chi connectivity index (χ1n) is 7.07. The van der Waals surface area contributed by atoms with E-state index in [1.807, 2.05) is 6.92 Å². The van der Waals surface area contributed by atoms with Crippen molar-refractivity contribution in [2.45, 2.75) is 71.6 Å². The third kappa shape index (κ3) is 5.85. The second-order valence-corrected chi connectivity index (χ2v) is 5.12. The molecule has 17 heavy (non-hydrogen) atoms. The quantitative estimate of drug-likeness (QED) is 0.428. The van der Waals surface area contributed by atoms with Crippen LogP contribution in [0.1, 0.15) is 71.6 Å². The minimum Gasteiger partial charge on any atom is -0.273 e. The standard InChI is InChI=1S/C14H26N2O/c1-3-4-6-9-12(2)15-16-14(17)13-10-7-5-8-11-13/h13H,3-11H2,1-2H3,(H,16,17)/b15-12+. The lowest BCUT2D eigenvalue weighted by molar-refractivity contribution is -0.125. The van der Waals surface area contributed by atoms with Gasteiger partial charge in [0, 0.05) is 11.6 Å². The minimum atomic E-state index is 0.125. The topological polar surface area (TPSA) is 41.5 Å². The van der Waals surface area contributed by atoms with Crippen LogP contribution in [0.25, 0.3) is 0 Å². The molecule has 3 nitrogen and oxygen atoms in total. The Bertz CT molecular complexity index is 255. The second kappa shape index (κ2) is 8.26. The van der Waals surface area contributed by atoms with E-state index in [1.54, 1.807) is 0 Å². The van der Waals surface area contributed by atoms with Crippen molar-refractivity contribution in [1.29, 1.82) is 0 Å². The summed E-state index contributed by atoms with van der Waals surface area (Å²) in [4.78, 5) is 11.8. The molecule has 1 aliphatic rings. The van der Waals surface area contributed by atoms with E-state index in [4.69, 9.17) is 0 Å². The Hall–Kier alpha value is -0.860. The molecule has 1 N–H and O–H groups in total. The van der Waals surface area contributed by atoms with Crippen molar-refractivity contribution in [1.82, 2.24) is 5.43 Å². The summed E-state index contributed by atoms with van der Waals surface area (Å²) in [5.41, 5.74) is 3.77. The number of nitrogens with one attached hydrogen (secondary N) is 1. The maximum absolute atomic E-state index is 11.8. The predicted octanol–water partition coefficient (Wildman–Crippen LogP) is 3.64. The number of hydrazone groups is 1. The fraction of sp³-hybridized carbons (Fsp3) is 0.857. The zero-order valence-corrected chi connectivity index (χ0v) is 11.3. The highest BCUT2D eigenvalue weighted by atomic mass is 16.2. The highest BCUT2D eigenvalue weighted by Crippen LogP contribution is 2.23. The molecular formula is C14H26N2O. The zero-order valence-electron chi connectivity index (χ0n) is 11.3. The van der Waals surface area contributed by atoms with Gasteiger partial charge in [0.2, 0.25) is 5.91 Å². The summed E-state index contributed by atoms with van der Waals surface area (Å²) in [6.07, 6.45) is 10.4. The number of unbranched alkanes of at least 4 members (excludes halogenated alkanes) is 2. The zero-order chi connectivity index (χ0) is 12.5. The van der Waals surface area contributed by atoms with Gasteiger partial charge in [0.25, 0.3) is 0 Å². The van der Waals surface area contributed by atoms with Crippen molar-refractivity contribution >= 4 is 11.6 Å². The van der Waals surface area contributed by atoms with Crippen LogP contribution >= 0.6 is 0 Å². The maximum atomic E-state index is 11.8. The lowest BCUT2D eigenvalue weighted by Crippen LogP contribution is -2.29. The van der Waals surface area contributed by atoms with Crippen molar-refractivity contribution < 1.29 is 4.79 Å². The van der Waals surface area contributed by atoms with E-state index in [9.17, 15) is 4.79 Å². The maximum Gasteiger partial charge on any atom is 0.243 e. The van der Waals surface area contributed by atoms with Gasteiger partial charge in [-0.25, -0.2) is 5.43 Å². The highest BCUT2D eigenvalue weighted by molar-refractivity contribution is 5.85. The molecule has 0 aromatic carbocycles. The number of hydrogen-bond donors (Lipinski definition) is 1. The van der Waals surface area contributed by atoms with Gasteiger partial charge in [-0.15, -0.1) is 0 Å². The van der Waals surface area contributed by atoms with Crippen LogP contribution in [0.2, 0.25) is 0 Å². The summed E-state index contributed by atoms with van der Waals surface area (Å²) in [6.45, 7) is 4.19. The lowest BCUT2D eigenvalue weighted by atomic mass is 9.89. The van der Waals surface area contributed by atoms with Crippen molar-refractivity contribution in [2.75, 3.05) is 0 Å². The normalized spacial score (nSPS) is 18.1. The second-order valence-electron chi connectivity index (χ2n) is 5.12. The van der Waals surface area contributed by atoms with Gasteiger partial charge < -0.3 is 0 Å². The SMILES string of the molecule is CCCCC/C(C)=N/NC(=O)C1CCCCC1. The van der Waals surface area contributed by atoms with Crippen molar-refractivity contribution in [2.24, 2.45) is 11.0 Å². The Labute approximate surface area is 105 Å². The molecule has 1 amide bonds. The van der Waals surface area contributed by atoms with Crippen LogP contribution in [0.3, 0.4) is 0 Å². The third-order valence-corrected chi connectivity index (χ3v) is 3.48. The van der Waals surface area contributed by atoms with Gasteiger partial charge in [-0.2, -0.15) is 5.10 Å². The molecule has 98 valence electrons. The number of amides is 1. The molecule has 1 fully saturated rings. The Balaban J connectivity index is 2.22. The molecule has 0 aromatic rings. The Morgan fingerprint density at radius 3 is 2.59 bits per heavy atom. The predicted molar refractivity (Wildman–Crippen MR) is 72.0 cm³/mol. The molecular weight excluding hydrogens is 212 g/mol. The molecule has 0 bridgehead atoms. The van der Waals surface area contributed by atoms with Crippen LogP contribution in [0.5, 0.6) is 0 Å². The van der Waals surface area contributed by atoms with Gasteiger partial charge in [-0.05, 0) is 32.6 Å². The minimum absolute atomic E-state index is 0.125. The molecule has 0 unspecified atom stereocenters. The largest absolute Gasteiger partial charge is 0.273 e. The molecule has 1 rings (SSSR count). The number of carbonyl (C=O) groups is 1. The van der Waals surface area contributed by atoms with Crippen molar-refractivity contribution in [3.63, 3.8) is 0 Å². The average molecular weight is 238 g/mol. The first-order chi connectivity index (χ1) is 8.24. The third-order valence-electron chi connectivity index (χ3n) is 3.48. The Morgan fingerprint density at radius 1 is 1.24 bits per heavy atom. The fourth-order valence-electron chi connectivity index (χ4n) is 2.29. The van der Waals surface area contributed by atoms with E-state index in [-0.39, 0.29) is 11.8 Å². The fourth-order valence-corrected chi connectivity index (χ4v) is 2.29. The van der Waals surface area contributed by atoms with Crippen LogP contribution in [-0.2, 0) is 4.79 Å². The molecule has 1 aliphatic carbocycles.